The number of aryl methyl sites for hydroxylation is 1. The van der Waals surface area contributed by atoms with E-state index in [1.807, 2.05) is 58.0 Å². The predicted molar refractivity (Wildman–Crippen MR) is 229 cm³/mol. The number of aliphatic carboxylic acids is 1. The highest BCUT2D eigenvalue weighted by Gasteiger charge is 2.57. The van der Waals surface area contributed by atoms with E-state index in [1.165, 1.54) is 4.90 Å². The molecule has 2 aromatic carbocycles. The van der Waals surface area contributed by atoms with E-state index in [-0.39, 0.29) is 53.9 Å². The fourth-order valence-electron chi connectivity index (χ4n) is 8.06. The number of halogens is 3. The van der Waals surface area contributed by atoms with Gasteiger partial charge in [0.1, 0.15) is 17.3 Å². The van der Waals surface area contributed by atoms with Crippen LogP contribution in [0.15, 0.2) is 60.7 Å². The Morgan fingerprint density at radius 1 is 0.879 bits per heavy atom. The van der Waals surface area contributed by atoms with Crippen LogP contribution in [0, 0.1) is 30.6 Å². The van der Waals surface area contributed by atoms with Crippen molar-refractivity contribution in [2.24, 2.45) is 23.7 Å². The summed E-state index contributed by atoms with van der Waals surface area (Å²) in [5.41, 5.74) is 4.19. The number of hydrogen-bond donors (Lipinski definition) is 7. The second kappa shape index (κ2) is 20.4. The van der Waals surface area contributed by atoms with Gasteiger partial charge in [0, 0.05) is 72.4 Å². The van der Waals surface area contributed by atoms with Gasteiger partial charge in [-0.3, -0.25) is 14.4 Å². The molecule has 0 radical (unpaired) electrons. The van der Waals surface area contributed by atoms with Gasteiger partial charge in [-0.05, 0) is 106 Å². The van der Waals surface area contributed by atoms with Gasteiger partial charge in [0.15, 0.2) is 0 Å². The molecule has 352 valence electrons. The minimum atomic E-state index is -5.08. The van der Waals surface area contributed by atoms with Crippen molar-refractivity contribution in [2.45, 2.75) is 83.7 Å². The number of alkyl halides is 3. The van der Waals surface area contributed by atoms with Gasteiger partial charge in [-0.15, -0.1) is 10.2 Å². The molecule has 3 aliphatic rings. The Morgan fingerprint density at radius 3 is 2.05 bits per heavy atom. The fourth-order valence-corrected chi connectivity index (χ4v) is 8.06. The number of likely N-dealkylation sites (tertiary alicyclic amines) is 1. The molecule has 3 heterocycles. The Morgan fingerprint density at radius 2 is 1.50 bits per heavy atom. The lowest BCUT2D eigenvalue weighted by Crippen LogP contribution is -2.48. The molecule has 2 saturated carbocycles. The lowest BCUT2D eigenvalue weighted by Gasteiger charge is -2.29. The van der Waals surface area contributed by atoms with Gasteiger partial charge in [-0.1, -0.05) is 30.3 Å². The second-order valence-electron chi connectivity index (χ2n) is 17.5. The standard InChI is InChI=1S/C42H50N10O7.C2HF3O2/c1-23-30(17-18-33(44-23)38(54)47-35-31-21-52(41(57)58)22-32(31)35)26-9-5-24(6-10-26)19-34(39(55)45-29-15-13-27(14-16-29)36-48-50-51-49-36)46-37(53)28-11-7-25(8-12-28)20-43-40(56)59-42(2,3)4;3-2(4,5)1(6)7/h5-6,9-10,13-18,25,28,31-32,34-35H,7-8,11-12,19-22H2,1-4H3,(H,43,56)(H,45,55)(H,46,53)(H,47,54)(H,57,58)(H,48,49,50,51);(H,6,7)/t25-,28-,31?,32?,34-,35?;/m0./s1. The molecule has 7 N–H and O–H groups in total. The topological polar surface area (TPSA) is 271 Å². The van der Waals surface area contributed by atoms with Gasteiger partial charge < -0.3 is 41.1 Å². The number of carboxylic acids is 1. The maximum absolute atomic E-state index is 13.9. The molecule has 66 heavy (non-hydrogen) atoms. The van der Waals surface area contributed by atoms with Crippen molar-refractivity contribution in [2.75, 3.05) is 25.0 Å². The van der Waals surface area contributed by atoms with Gasteiger partial charge in [0.2, 0.25) is 17.6 Å². The number of aromatic nitrogens is 5. The van der Waals surface area contributed by atoms with Crippen LogP contribution in [0.3, 0.4) is 0 Å². The van der Waals surface area contributed by atoms with Crippen molar-refractivity contribution in [1.29, 1.82) is 0 Å². The number of piperidine rings is 1. The summed E-state index contributed by atoms with van der Waals surface area (Å²) in [6.45, 7) is 8.62. The molecular formula is C44H51F3N10O9. The highest BCUT2D eigenvalue weighted by atomic mass is 19.4. The van der Waals surface area contributed by atoms with Crippen molar-refractivity contribution in [1.82, 2.24) is 46.5 Å². The van der Waals surface area contributed by atoms with Crippen LogP contribution in [0.1, 0.15) is 68.2 Å². The number of aromatic amines is 1. The summed E-state index contributed by atoms with van der Waals surface area (Å²) in [5.74, 6) is -2.93. The van der Waals surface area contributed by atoms with E-state index in [9.17, 15) is 42.3 Å². The van der Waals surface area contributed by atoms with Crippen molar-refractivity contribution >= 4 is 41.6 Å². The number of hydrogen-bond acceptors (Lipinski definition) is 11. The Bertz CT molecular complexity index is 2370. The number of carbonyl (C=O) groups is 6. The van der Waals surface area contributed by atoms with Crippen molar-refractivity contribution < 1.29 is 56.9 Å². The number of benzene rings is 2. The van der Waals surface area contributed by atoms with Crippen molar-refractivity contribution in [3.05, 3.63) is 77.6 Å². The first kappa shape index (κ1) is 48.3. The number of carbonyl (C=O) groups excluding carboxylic acids is 4. The molecule has 3 fully saturated rings. The zero-order chi connectivity index (χ0) is 47.9. The second-order valence-corrected chi connectivity index (χ2v) is 17.5. The molecule has 3 atom stereocenters. The van der Waals surface area contributed by atoms with Gasteiger partial charge >= 0.3 is 24.3 Å². The summed E-state index contributed by atoms with van der Waals surface area (Å²) in [6.07, 6.45) is -3.46. The van der Waals surface area contributed by atoms with Gasteiger partial charge in [0.05, 0.1) is 0 Å². The number of tetrazole rings is 1. The van der Waals surface area contributed by atoms with Crippen LogP contribution < -0.4 is 21.3 Å². The van der Waals surface area contributed by atoms with Crippen LogP contribution in [0.4, 0.5) is 28.4 Å². The summed E-state index contributed by atoms with van der Waals surface area (Å²) in [7, 11) is 0. The quantitative estimate of drug-likeness (QED) is 0.0964. The third-order valence-electron chi connectivity index (χ3n) is 11.6. The van der Waals surface area contributed by atoms with E-state index < -0.39 is 36.0 Å². The lowest BCUT2D eigenvalue weighted by atomic mass is 9.81. The highest BCUT2D eigenvalue weighted by Crippen LogP contribution is 2.45. The zero-order valence-corrected chi connectivity index (χ0v) is 36.5. The summed E-state index contributed by atoms with van der Waals surface area (Å²) >= 11 is 0. The van der Waals surface area contributed by atoms with E-state index in [0.717, 1.165) is 35.1 Å². The molecular weight excluding hydrogens is 870 g/mol. The Labute approximate surface area is 376 Å². The van der Waals surface area contributed by atoms with Crippen LogP contribution >= 0.6 is 0 Å². The van der Waals surface area contributed by atoms with Crippen LogP contribution in [0.25, 0.3) is 22.5 Å². The minimum absolute atomic E-state index is 0.0405. The Balaban J connectivity index is 0.000000952. The number of fused-ring (bicyclic) bond motifs is 1. The number of nitrogens with zero attached hydrogens (tertiary/aromatic N) is 5. The number of pyridine rings is 1. The van der Waals surface area contributed by atoms with E-state index in [0.29, 0.717) is 55.4 Å². The van der Waals surface area contributed by atoms with Gasteiger partial charge in [0.25, 0.3) is 5.91 Å². The number of carboxylic acid groups (broad SMARTS) is 2. The first-order chi connectivity index (χ1) is 31.1. The number of alkyl carbamates (subject to hydrolysis) is 1. The first-order valence-corrected chi connectivity index (χ1v) is 21.2. The molecule has 1 saturated heterocycles. The average molecular weight is 921 g/mol. The SMILES string of the molecule is Cc1nc(C(=O)NC2C3CN(C(=O)O)CC32)ccc1-c1ccc(C[C@H](NC(=O)[C@H]2CC[C@H](CNC(=O)OC(C)(C)C)CC2)C(=O)Nc2ccc(-c3nn[nH]n3)cc2)cc1.O=C(O)C(F)(F)F. The molecule has 1 aliphatic heterocycles. The Hall–Kier alpha value is -7.13. The number of anilines is 1. The number of nitrogens with one attached hydrogen (secondary N) is 5. The predicted octanol–water partition coefficient (Wildman–Crippen LogP) is 5.21. The van der Waals surface area contributed by atoms with Crippen LogP contribution in [0.2, 0.25) is 0 Å². The molecule has 2 unspecified atom stereocenters. The Kier molecular flexibility index (Phi) is 14.9. The minimum Gasteiger partial charge on any atom is -0.475 e. The summed E-state index contributed by atoms with van der Waals surface area (Å²) in [4.78, 5) is 78.8. The number of amides is 5. The zero-order valence-electron chi connectivity index (χ0n) is 36.5. The fraction of sp³-hybridized carbons (Fsp3) is 0.455. The molecule has 7 rings (SSSR count). The maximum Gasteiger partial charge on any atom is 0.490 e. The number of rotatable bonds is 12. The average Bonchev–Trinajstić information content (AvgIpc) is 3.62. The number of H-pyrrole nitrogens is 1. The highest BCUT2D eigenvalue weighted by molar-refractivity contribution is 5.98. The molecule has 22 heteroatoms. The molecule has 4 aromatic rings. The van der Waals surface area contributed by atoms with Crippen LogP contribution in [0.5, 0.6) is 0 Å². The van der Waals surface area contributed by atoms with E-state index >= 15 is 0 Å². The van der Waals surface area contributed by atoms with E-state index in [1.54, 1.807) is 30.3 Å². The molecule has 0 spiro atoms. The molecule has 0 bridgehead atoms. The van der Waals surface area contributed by atoms with E-state index in [2.05, 4.69) is 46.9 Å². The third kappa shape index (κ3) is 13.0. The molecule has 19 nitrogen and oxygen atoms in total. The van der Waals surface area contributed by atoms with Gasteiger partial charge in [-0.25, -0.2) is 19.4 Å². The smallest absolute Gasteiger partial charge is 0.475 e. The number of ether oxygens (including phenoxy) is 1. The third-order valence-corrected chi connectivity index (χ3v) is 11.6. The van der Waals surface area contributed by atoms with E-state index in [4.69, 9.17) is 14.6 Å². The molecule has 5 amide bonds. The first-order valence-electron chi connectivity index (χ1n) is 21.2. The molecule has 2 aromatic heterocycles. The van der Waals surface area contributed by atoms with Crippen LogP contribution in [-0.2, 0) is 25.5 Å². The molecule has 2 aliphatic carbocycles. The maximum atomic E-state index is 13.9. The monoisotopic (exact) mass is 920 g/mol. The van der Waals surface area contributed by atoms with Crippen LogP contribution in [-0.4, -0.2) is 120 Å². The summed E-state index contributed by atoms with van der Waals surface area (Å²) in [5, 5.41) is 42.2. The summed E-state index contributed by atoms with van der Waals surface area (Å²) in [6, 6.07) is 17.3. The van der Waals surface area contributed by atoms with Crippen molar-refractivity contribution in [3.63, 3.8) is 0 Å². The van der Waals surface area contributed by atoms with Gasteiger partial charge in [-0.2, -0.15) is 18.4 Å². The summed E-state index contributed by atoms with van der Waals surface area (Å²) < 4.78 is 37.1. The van der Waals surface area contributed by atoms with Crippen molar-refractivity contribution in [3.8, 4) is 22.5 Å². The normalized spacial score (nSPS) is 20.3. The largest absolute Gasteiger partial charge is 0.490 e. The lowest BCUT2D eigenvalue weighted by molar-refractivity contribution is -0.192.